The zero-order valence-corrected chi connectivity index (χ0v) is 14.8. The highest BCUT2D eigenvalue weighted by Gasteiger charge is 2.40. The third-order valence-corrected chi connectivity index (χ3v) is 5.21. The van der Waals surface area contributed by atoms with Gasteiger partial charge in [0.2, 0.25) is 0 Å². The second-order valence-corrected chi connectivity index (χ2v) is 8.15. The molecule has 0 bridgehead atoms. The summed E-state index contributed by atoms with van der Waals surface area (Å²) in [6.45, 7) is 7.03. The van der Waals surface area contributed by atoms with E-state index in [4.69, 9.17) is 4.74 Å². The molecule has 0 aliphatic heterocycles. The van der Waals surface area contributed by atoms with E-state index in [1.807, 2.05) is 0 Å². The zero-order valence-electron chi connectivity index (χ0n) is 14.0. The van der Waals surface area contributed by atoms with Crippen molar-refractivity contribution in [1.29, 1.82) is 0 Å². The third-order valence-electron chi connectivity index (χ3n) is 3.97. The number of amides is 1. The summed E-state index contributed by atoms with van der Waals surface area (Å²) in [6.07, 6.45) is -3.39. The smallest absolute Gasteiger partial charge is 0.425 e. The van der Waals surface area contributed by atoms with Crippen LogP contribution in [0.15, 0.2) is 0 Å². The van der Waals surface area contributed by atoms with E-state index in [0.717, 1.165) is 21.8 Å². The monoisotopic (exact) mass is 349 g/mol. The predicted molar refractivity (Wildman–Crippen MR) is 83.9 cm³/mol. The van der Waals surface area contributed by atoms with Crippen LogP contribution in [0.1, 0.15) is 48.1 Å². The number of fused-ring (bicyclic) bond motifs is 1. The van der Waals surface area contributed by atoms with Crippen LogP contribution in [0.5, 0.6) is 0 Å². The number of alkyl halides is 3. The third kappa shape index (κ3) is 4.00. The maximum absolute atomic E-state index is 13.2. The van der Waals surface area contributed by atoms with Gasteiger partial charge < -0.3 is 9.64 Å². The summed E-state index contributed by atoms with van der Waals surface area (Å²) >= 11 is 0.810. The quantitative estimate of drug-likeness (QED) is 0.729. The summed E-state index contributed by atoms with van der Waals surface area (Å²) in [7, 11) is 1.59. The summed E-state index contributed by atoms with van der Waals surface area (Å²) in [6, 6.07) is -0.271. The Labute approximate surface area is 138 Å². The fourth-order valence-corrected chi connectivity index (χ4v) is 3.96. The first-order valence-corrected chi connectivity index (χ1v) is 8.36. The topological polar surface area (TPSA) is 29.5 Å². The van der Waals surface area contributed by atoms with Crippen molar-refractivity contribution in [3.05, 3.63) is 20.9 Å². The summed E-state index contributed by atoms with van der Waals surface area (Å²) in [5.74, 6) is 0. The van der Waals surface area contributed by atoms with Crippen LogP contribution in [-0.2, 0) is 23.8 Å². The molecule has 1 aliphatic rings. The molecule has 0 saturated heterocycles. The maximum Gasteiger partial charge on any atom is 0.425 e. The second kappa shape index (κ2) is 6.00. The minimum Gasteiger partial charge on any atom is -0.444 e. The van der Waals surface area contributed by atoms with E-state index in [2.05, 4.69) is 0 Å². The molecule has 0 N–H and O–H groups in total. The Morgan fingerprint density at radius 1 is 1.26 bits per heavy atom. The Kier molecular flexibility index (Phi) is 4.72. The van der Waals surface area contributed by atoms with Crippen molar-refractivity contribution in [3.63, 3.8) is 0 Å². The van der Waals surface area contributed by atoms with Crippen molar-refractivity contribution in [1.82, 2.24) is 4.90 Å². The molecule has 0 saturated carbocycles. The average Bonchev–Trinajstić information content (AvgIpc) is 2.73. The van der Waals surface area contributed by atoms with Crippen LogP contribution < -0.4 is 0 Å². The molecular weight excluding hydrogens is 327 g/mol. The first-order valence-electron chi connectivity index (χ1n) is 7.54. The highest BCUT2D eigenvalue weighted by Crippen LogP contribution is 2.43. The summed E-state index contributed by atoms with van der Waals surface area (Å²) in [4.78, 5) is 13.8. The molecule has 0 aromatic carbocycles. The van der Waals surface area contributed by atoms with Gasteiger partial charge in [0.25, 0.3) is 0 Å². The molecule has 23 heavy (non-hydrogen) atoms. The lowest BCUT2D eigenvalue weighted by atomic mass is 9.88. The van der Waals surface area contributed by atoms with Crippen LogP contribution in [0.4, 0.5) is 18.0 Å². The number of likely N-dealkylation sites (N-methyl/N-ethyl adjacent to an activating group) is 1. The number of aryl methyl sites for hydroxylation is 1. The van der Waals surface area contributed by atoms with Crippen molar-refractivity contribution in [2.24, 2.45) is 0 Å². The summed E-state index contributed by atoms with van der Waals surface area (Å²) in [5.41, 5.74) is 0.532. The molecule has 0 spiro atoms. The fraction of sp³-hybridized carbons (Fsp3) is 0.688. The van der Waals surface area contributed by atoms with E-state index in [9.17, 15) is 18.0 Å². The number of rotatable bonds is 1. The number of ether oxygens (including phenoxy) is 1. The van der Waals surface area contributed by atoms with Gasteiger partial charge in [-0.15, -0.1) is 11.3 Å². The minimum atomic E-state index is -4.34. The molecule has 1 aliphatic carbocycles. The summed E-state index contributed by atoms with van der Waals surface area (Å²) in [5, 5.41) is 0. The lowest BCUT2D eigenvalue weighted by Crippen LogP contribution is -2.43. The summed E-state index contributed by atoms with van der Waals surface area (Å²) < 4.78 is 44.9. The average molecular weight is 349 g/mol. The molecule has 1 atom stereocenters. The van der Waals surface area contributed by atoms with Crippen LogP contribution in [0.25, 0.3) is 0 Å². The number of nitrogens with zero attached hydrogens (tertiary/aromatic N) is 1. The van der Waals surface area contributed by atoms with Crippen molar-refractivity contribution in [2.75, 3.05) is 7.05 Å². The molecule has 130 valence electrons. The highest BCUT2D eigenvalue weighted by atomic mass is 32.1. The minimum absolute atomic E-state index is 0.226. The molecule has 2 rings (SSSR count). The Morgan fingerprint density at radius 3 is 2.39 bits per heavy atom. The molecule has 3 nitrogen and oxygen atoms in total. The van der Waals surface area contributed by atoms with Gasteiger partial charge in [-0.05, 0) is 58.1 Å². The van der Waals surface area contributed by atoms with E-state index in [0.29, 0.717) is 18.4 Å². The van der Waals surface area contributed by atoms with Gasteiger partial charge in [0.1, 0.15) is 10.5 Å². The second-order valence-electron chi connectivity index (χ2n) is 6.93. The molecule has 1 aromatic rings. The molecule has 1 unspecified atom stereocenters. The molecular formula is C16H22F3NO2S. The number of carbonyl (C=O) groups is 1. The molecule has 1 aromatic heterocycles. The largest absolute Gasteiger partial charge is 0.444 e. The molecule has 1 amide bonds. The number of thiophene rings is 1. The number of halogens is 3. The van der Waals surface area contributed by atoms with Crippen molar-refractivity contribution in [3.8, 4) is 0 Å². The van der Waals surface area contributed by atoms with Gasteiger partial charge in [-0.1, -0.05) is 0 Å². The van der Waals surface area contributed by atoms with Gasteiger partial charge in [-0.3, -0.25) is 0 Å². The van der Waals surface area contributed by atoms with E-state index in [1.54, 1.807) is 34.7 Å². The predicted octanol–water partition coefficient (Wildman–Crippen LogP) is 4.80. The molecule has 7 heteroatoms. The lowest BCUT2D eigenvalue weighted by Gasteiger charge is -2.33. The number of carbonyl (C=O) groups excluding carboxylic acids is 1. The number of hydrogen-bond donors (Lipinski definition) is 0. The van der Waals surface area contributed by atoms with E-state index < -0.39 is 22.7 Å². The van der Waals surface area contributed by atoms with Crippen LogP contribution in [0.3, 0.4) is 0 Å². The van der Waals surface area contributed by atoms with Crippen LogP contribution in [0.2, 0.25) is 0 Å². The van der Waals surface area contributed by atoms with Gasteiger partial charge in [0.15, 0.2) is 0 Å². The normalized spacial score (nSPS) is 18.5. The van der Waals surface area contributed by atoms with Crippen LogP contribution in [-0.4, -0.2) is 29.7 Å². The molecule has 1 heterocycles. The Morgan fingerprint density at radius 2 is 1.87 bits per heavy atom. The Balaban J connectivity index is 2.21. The SMILES string of the molecule is Cc1sc(C(F)(F)F)c2c1CCC(N(C)C(=O)OC(C)(C)C)C2. The first kappa shape index (κ1) is 18.1. The fourth-order valence-electron chi connectivity index (χ4n) is 2.86. The first-order chi connectivity index (χ1) is 10.4. The van der Waals surface area contributed by atoms with Crippen molar-refractivity contribution in [2.45, 2.75) is 64.8 Å². The molecule has 0 fully saturated rings. The van der Waals surface area contributed by atoms with Gasteiger partial charge in [0.05, 0.1) is 0 Å². The van der Waals surface area contributed by atoms with Gasteiger partial charge in [-0.25, -0.2) is 4.79 Å². The van der Waals surface area contributed by atoms with Gasteiger partial charge in [-0.2, -0.15) is 13.2 Å². The highest BCUT2D eigenvalue weighted by molar-refractivity contribution is 7.12. The van der Waals surface area contributed by atoms with Gasteiger partial charge in [0, 0.05) is 18.0 Å². The molecule has 0 radical (unpaired) electrons. The van der Waals surface area contributed by atoms with Crippen LogP contribution in [0, 0.1) is 6.92 Å². The lowest BCUT2D eigenvalue weighted by molar-refractivity contribution is -0.135. The standard InChI is InChI=1S/C16H22F3NO2S/c1-9-11-7-6-10(20(5)14(21)22-15(2,3)4)8-12(11)13(23-9)16(17,18)19/h10H,6-8H2,1-5H3. The van der Waals surface area contributed by atoms with E-state index >= 15 is 0 Å². The van der Waals surface area contributed by atoms with Crippen molar-refractivity contribution < 1.29 is 22.7 Å². The van der Waals surface area contributed by atoms with Gasteiger partial charge >= 0.3 is 12.3 Å². The Bertz CT molecular complexity index is 602. The van der Waals surface area contributed by atoms with E-state index in [1.165, 1.54) is 4.90 Å². The van der Waals surface area contributed by atoms with Crippen molar-refractivity contribution >= 4 is 17.4 Å². The van der Waals surface area contributed by atoms with E-state index in [-0.39, 0.29) is 12.5 Å². The Hall–Kier alpha value is -1.24. The number of hydrogen-bond acceptors (Lipinski definition) is 3. The zero-order chi connectivity index (χ0) is 17.6. The maximum atomic E-state index is 13.2. The van der Waals surface area contributed by atoms with Crippen LogP contribution >= 0.6 is 11.3 Å².